The van der Waals surface area contributed by atoms with Crippen LogP contribution in [0.2, 0.25) is 0 Å². The van der Waals surface area contributed by atoms with Crippen molar-refractivity contribution in [3.63, 3.8) is 0 Å². The number of hydrogen-bond acceptors (Lipinski definition) is 6. The van der Waals surface area contributed by atoms with Crippen molar-refractivity contribution in [3.8, 4) is 5.75 Å². The Hall–Kier alpha value is -2.98. The van der Waals surface area contributed by atoms with Crippen molar-refractivity contribution >= 4 is 21.6 Å². The lowest BCUT2D eigenvalue weighted by atomic mass is 10.1. The van der Waals surface area contributed by atoms with Gasteiger partial charge in [0.25, 0.3) is 15.7 Å². The van der Waals surface area contributed by atoms with E-state index in [2.05, 4.69) is 0 Å². The molecule has 26 heavy (non-hydrogen) atoms. The molecule has 0 radical (unpaired) electrons. The molecule has 138 valence electrons. The number of hydrogen-bond donors (Lipinski definition) is 2. The summed E-state index contributed by atoms with van der Waals surface area (Å²) >= 11 is 0. The highest BCUT2D eigenvalue weighted by molar-refractivity contribution is 7.89. The Morgan fingerprint density at radius 2 is 1.81 bits per heavy atom. The van der Waals surface area contributed by atoms with Crippen molar-refractivity contribution in [2.45, 2.75) is 18.2 Å². The van der Waals surface area contributed by atoms with E-state index in [1.165, 1.54) is 42.5 Å². The van der Waals surface area contributed by atoms with Crippen LogP contribution < -0.4 is 15.0 Å². The fourth-order valence-corrected chi connectivity index (χ4v) is 2.98. The van der Waals surface area contributed by atoms with Gasteiger partial charge >= 0.3 is 0 Å². The first-order valence-electron chi connectivity index (χ1n) is 7.59. The minimum absolute atomic E-state index is 0.0630. The first kappa shape index (κ1) is 19.3. The maximum Gasteiger partial charge on any atom is 0.273 e. The monoisotopic (exact) mass is 379 g/mol. The number of rotatable bonds is 8. The van der Waals surface area contributed by atoms with Crippen LogP contribution in [0.4, 0.5) is 5.69 Å². The SMILES string of the molecule is CCOc1ccc(S(=O)(=O)NNC(=O)Cc2ccccc2[N+](=O)[O-])cc1. The molecule has 0 aliphatic carbocycles. The molecule has 0 fully saturated rings. The van der Waals surface area contributed by atoms with Gasteiger partial charge in [0.05, 0.1) is 22.8 Å². The van der Waals surface area contributed by atoms with Crippen molar-refractivity contribution in [2.75, 3.05) is 6.61 Å². The second kappa shape index (κ2) is 8.41. The first-order valence-corrected chi connectivity index (χ1v) is 9.07. The zero-order valence-electron chi connectivity index (χ0n) is 13.8. The predicted octanol–water partition coefficient (Wildman–Crippen LogP) is 1.55. The molecule has 0 spiro atoms. The normalized spacial score (nSPS) is 11.0. The summed E-state index contributed by atoms with van der Waals surface area (Å²) < 4.78 is 29.5. The second-order valence-corrected chi connectivity index (χ2v) is 6.80. The number of carbonyl (C=O) groups is 1. The molecule has 0 aliphatic heterocycles. The van der Waals surface area contributed by atoms with Crippen LogP contribution in [-0.2, 0) is 21.2 Å². The summed E-state index contributed by atoms with van der Waals surface area (Å²) in [5.41, 5.74) is 2.01. The molecule has 0 aromatic heterocycles. The molecule has 2 aromatic carbocycles. The van der Waals surface area contributed by atoms with E-state index in [-0.39, 0.29) is 22.6 Å². The van der Waals surface area contributed by atoms with Gasteiger partial charge in [0, 0.05) is 11.6 Å². The maximum absolute atomic E-state index is 12.2. The van der Waals surface area contributed by atoms with Crippen molar-refractivity contribution in [2.24, 2.45) is 0 Å². The zero-order valence-corrected chi connectivity index (χ0v) is 14.7. The van der Waals surface area contributed by atoms with Gasteiger partial charge in [-0.3, -0.25) is 20.3 Å². The minimum atomic E-state index is -3.98. The molecule has 2 N–H and O–H groups in total. The van der Waals surface area contributed by atoms with Crippen LogP contribution in [0.3, 0.4) is 0 Å². The Balaban J connectivity index is 2.01. The first-order chi connectivity index (χ1) is 12.3. The smallest absolute Gasteiger partial charge is 0.273 e. The van der Waals surface area contributed by atoms with Gasteiger partial charge in [-0.2, -0.15) is 0 Å². The van der Waals surface area contributed by atoms with E-state index in [9.17, 15) is 23.3 Å². The molecule has 0 bridgehead atoms. The van der Waals surface area contributed by atoms with Crippen LogP contribution in [0.1, 0.15) is 12.5 Å². The van der Waals surface area contributed by atoms with E-state index in [0.29, 0.717) is 12.4 Å². The molecular formula is C16H17N3O6S. The van der Waals surface area contributed by atoms with Gasteiger partial charge in [-0.05, 0) is 31.2 Å². The number of nitrogens with one attached hydrogen (secondary N) is 2. The molecule has 2 aromatic rings. The maximum atomic E-state index is 12.2. The highest BCUT2D eigenvalue weighted by Crippen LogP contribution is 2.18. The van der Waals surface area contributed by atoms with E-state index >= 15 is 0 Å². The lowest BCUT2D eigenvalue weighted by Crippen LogP contribution is -2.42. The van der Waals surface area contributed by atoms with Gasteiger partial charge in [-0.1, -0.05) is 18.2 Å². The molecule has 0 unspecified atom stereocenters. The molecule has 0 saturated heterocycles. The molecule has 1 amide bonds. The van der Waals surface area contributed by atoms with Gasteiger partial charge < -0.3 is 4.74 Å². The molecule has 0 heterocycles. The summed E-state index contributed by atoms with van der Waals surface area (Å²) in [4.78, 5) is 24.1. The lowest BCUT2D eigenvalue weighted by molar-refractivity contribution is -0.385. The van der Waals surface area contributed by atoms with Gasteiger partial charge in [0.1, 0.15) is 5.75 Å². The number of nitro benzene ring substituents is 1. The van der Waals surface area contributed by atoms with Crippen molar-refractivity contribution in [1.82, 2.24) is 10.3 Å². The molecule has 9 nitrogen and oxygen atoms in total. The highest BCUT2D eigenvalue weighted by Gasteiger charge is 2.18. The summed E-state index contributed by atoms with van der Waals surface area (Å²) in [6.45, 7) is 2.25. The fraction of sp³-hybridized carbons (Fsp3) is 0.188. The van der Waals surface area contributed by atoms with Crippen LogP contribution in [0.25, 0.3) is 0 Å². The van der Waals surface area contributed by atoms with Gasteiger partial charge in [0.15, 0.2) is 0 Å². The highest BCUT2D eigenvalue weighted by atomic mass is 32.2. The number of amides is 1. The Morgan fingerprint density at radius 3 is 2.42 bits per heavy atom. The fourth-order valence-electron chi connectivity index (χ4n) is 2.12. The summed E-state index contributed by atoms with van der Waals surface area (Å²) in [5, 5.41) is 10.9. The van der Waals surface area contributed by atoms with E-state index in [0.717, 1.165) is 0 Å². The molecule has 0 aliphatic rings. The van der Waals surface area contributed by atoms with Crippen LogP contribution in [0.5, 0.6) is 5.75 Å². The average Bonchev–Trinajstić information content (AvgIpc) is 2.61. The van der Waals surface area contributed by atoms with E-state index in [4.69, 9.17) is 4.74 Å². The van der Waals surface area contributed by atoms with Gasteiger partial charge in [-0.15, -0.1) is 4.83 Å². The number of para-hydroxylation sites is 1. The van der Waals surface area contributed by atoms with Crippen molar-refractivity contribution in [1.29, 1.82) is 0 Å². The van der Waals surface area contributed by atoms with E-state index in [1.807, 2.05) is 10.3 Å². The zero-order chi connectivity index (χ0) is 19.2. The summed E-state index contributed by atoms with van der Waals surface area (Å²) in [5.74, 6) is -0.208. The number of benzene rings is 2. The third-order valence-electron chi connectivity index (χ3n) is 3.31. The number of sulfonamides is 1. The van der Waals surface area contributed by atoms with Gasteiger partial charge in [-0.25, -0.2) is 8.42 Å². The van der Waals surface area contributed by atoms with Crippen molar-refractivity contribution < 1.29 is 22.9 Å². The molecule has 0 saturated carbocycles. The summed E-state index contributed by atoms with van der Waals surface area (Å²) in [6.07, 6.45) is -0.344. The predicted molar refractivity (Wildman–Crippen MR) is 92.9 cm³/mol. The summed E-state index contributed by atoms with van der Waals surface area (Å²) in [6, 6.07) is 11.4. The largest absolute Gasteiger partial charge is 0.494 e. The topological polar surface area (TPSA) is 128 Å². The van der Waals surface area contributed by atoms with Crippen LogP contribution >= 0.6 is 0 Å². The summed E-state index contributed by atoms with van der Waals surface area (Å²) in [7, 11) is -3.98. The van der Waals surface area contributed by atoms with E-state index < -0.39 is 20.9 Å². The molecule has 2 rings (SSSR count). The molecular weight excluding hydrogens is 362 g/mol. The third kappa shape index (κ3) is 5.01. The Labute approximate surface area is 150 Å². The standard InChI is InChI=1S/C16H17N3O6S/c1-2-25-13-7-9-14(10-8-13)26(23,24)18-17-16(20)11-12-5-3-4-6-15(12)19(21)22/h3-10,18H,2,11H2,1H3,(H,17,20). The Kier molecular flexibility index (Phi) is 6.26. The lowest BCUT2D eigenvalue weighted by Gasteiger charge is -2.09. The minimum Gasteiger partial charge on any atom is -0.494 e. The van der Waals surface area contributed by atoms with E-state index in [1.54, 1.807) is 13.0 Å². The van der Waals surface area contributed by atoms with Crippen molar-refractivity contribution in [3.05, 3.63) is 64.2 Å². The van der Waals surface area contributed by atoms with Gasteiger partial charge in [0.2, 0.25) is 5.91 Å². The number of carbonyl (C=O) groups excluding carboxylic acids is 1. The number of hydrazine groups is 1. The Bertz CT molecular complexity index is 896. The quantitative estimate of drug-likeness (QED) is 0.529. The molecule has 10 heteroatoms. The van der Waals surface area contributed by atoms with Crippen LogP contribution in [0.15, 0.2) is 53.4 Å². The third-order valence-corrected chi connectivity index (χ3v) is 4.57. The number of nitrogens with zero attached hydrogens (tertiary/aromatic N) is 1. The van der Waals surface area contributed by atoms with Crippen LogP contribution in [0, 0.1) is 10.1 Å². The Morgan fingerprint density at radius 1 is 1.15 bits per heavy atom. The molecule has 0 atom stereocenters. The average molecular weight is 379 g/mol. The number of ether oxygens (including phenoxy) is 1. The number of nitro groups is 1. The second-order valence-electron chi connectivity index (χ2n) is 5.12. The van der Waals surface area contributed by atoms with Crippen LogP contribution in [-0.4, -0.2) is 25.9 Å².